The molecule has 1 aromatic heterocycles. The van der Waals surface area contributed by atoms with E-state index in [0.717, 1.165) is 49.8 Å². The first-order valence-corrected chi connectivity index (χ1v) is 10.3. The highest BCUT2D eigenvalue weighted by atomic mass is 16.5. The number of benzene rings is 2. The molecule has 2 aromatic carbocycles. The van der Waals surface area contributed by atoms with Crippen LogP contribution in [0.4, 0.5) is 5.69 Å². The van der Waals surface area contributed by atoms with Gasteiger partial charge in [0, 0.05) is 25.3 Å². The average molecular weight is 422 g/mol. The number of hydrogen-bond donors (Lipinski definition) is 1. The van der Waals surface area contributed by atoms with Crippen LogP contribution in [0.2, 0.25) is 0 Å². The van der Waals surface area contributed by atoms with Gasteiger partial charge in [0.1, 0.15) is 23.9 Å². The highest BCUT2D eigenvalue weighted by molar-refractivity contribution is 6.02. The normalized spacial score (nSPS) is 14.2. The van der Waals surface area contributed by atoms with Crippen molar-refractivity contribution in [2.24, 2.45) is 0 Å². The summed E-state index contributed by atoms with van der Waals surface area (Å²) in [7, 11) is 1.62. The first kappa shape index (κ1) is 21.0. The minimum atomic E-state index is -0.292. The van der Waals surface area contributed by atoms with Gasteiger partial charge in [-0.25, -0.2) is 0 Å². The van der Waals surface area contributed by atoms with Crippen LogP contribution in [-0.4, -0.2) is 44.2 Å². The molecule has 4 rings (SSSR count). The zero-order valence-corrected chi connectivity index (χ0v) is 17.5. The number of morpholine rings is 1. The third kappa shape index (κ3) is 5.87. The number of carbonyl (C=O) groups excluding carboxylic acids is 1. The lowest BCUT2D eigenvalue weighted by Crippen LogP contribution is -2.35. The van der Waals surface area contributed by atoms with Gasteiger partial charge in [-0.15, -0.1) is 0 Å². The number of nitrogens with one attached hydrogen (secondary N) is 1. The molecule has 0 aliphatic carbocycles. The zero-order chi connectivity index (χ0) is 21.5. The van der Waals surface area contributed by atoms with Crippen LogP contribution in [0.3, 0.4) is 0 Å². The fourth-order valence-electron chi connectivity index (χ4n) is 3.36. The van der Waals surface area contributed by atoms with E-state index in [-0.39, 0.29) is 18.3 Å². The summed E-state index contributed by atoms with van der Waals surface area (Å²) in [6.07, 6.45) is 0. The van der Waals surface area contributed by atoms with Crippen molar-refractivity contribution < 1.29 is 23.4 Å². The summed E-state index contributed by atoms with van der Waals surface area (Å²) >= 11 is 0. The maximum atomic E-state index is 12.6. The van der Waals surface area contributed by atoms with Crippen LogP contribution in [0.15, 0.2) is 65.1 Å². The topological polar surface area (TPSA) is 73.2 Å². The molecule has 0 bridgehead atoms. The van der Waals surface area contributed by atoms with Gasteiger partial charge >= 0.3 is 0 Å². The first-order chi connectivity index (χ1) is 15.2. The standard InChI is InChI=1S/C24H26N2O5/c1-28-20-5-7-21(8-6-20)30-17-22-9-10-23(31-22)24(27)25-19-4-2-3-18(15-19)16-26-11-13-29-14-12-26/h2-10,15H,11-14,16-17H2,1H3,(H,25,27). The number of rotatable bonds is 8. The molecule has 7 nitrogen and oxygen atoms in total. The molecule has 31 heavy (non-hydrogen) atoms. The molecule has 1 aliphatic heterocycles. The highest BCUT2D eigenvalue weighted by Gasteiger charge is 2.14. The van der Waals surface area contributed by atoms with Crippen LogP contribution in [0.25, 0.3) is 0 Å². The molecule has 1 fully saturated rings. The molecule has 3 aromatic rings. The van der Waals surface area contributed by atoms with E-state index in [1.54, 1.807) is 19.2 Å². The third-order valence-corrected chi connectivity index (χ3v) is 5.02. The molecule has 0 spiro atoms. The predicted molar refractivity (Wildman–Crippen MR) is 117 cm³/mol. The Kier molecular flexibility index (Phi) is 6.86. The van der Waals surface area contributed by atoms with Crippen LogP contribution in [0.5, 0.6) is 11.5 Å². The predicted octanol–water partition coefficient (Wildman–Crippen LogP) is 3.95. The second-order valence-electron chi connectivity index (χ2n) is 7.27. The number of hydrogen-bond acceptors (Lipinski definition) is 6. The van der Waals surface area contributed by atoms with E-state index >= 15 is 0 Å². The number of furan rings is 1. The molecule has 1 amide bonds. The van der Waals surface area contributed by atoms with Crippen LogP contribution in [0, 0.1) is 0 Å². The Morgan fingerprint density at radius 2 is 1.81 bits per heavy atom. The molecule has 2 heterocycles. The molecule has 0 saturated carbocycles. The molecule has 1 saturated heterocycles. The van der Waals surface area contributed by atoms with Gasteiger partial charge in [-0.05, 0) is 54.1 Å². The smallest absolute Gasteiger partial charge is 0.291 e. The molecule has 1 aliphatic rings. The van der Waals surface area contributed by atoms with Crippen molar-refractivity contribution >= 4 is 11.6 Å². The number of anilines is 1. The van der Waals surface area contributed by atoms with Gasteiger partial charge in [0.05, 0.1) is 20.3 Å². The SMILES string of the molecule is COc1ccc(OCc2ccc(C(=O)Nc3cccc(CN4CCOCC4)c3)o2)cc1. The van der Waals surface area contributed by atoms with Crippen LogP contribution >= 0.6 is 0 Å². The van der Waals surface area contributed by atoms with E-state index in [1.165, 1.54) is 0 Å². The minimum Gasteiger partial charge on any atom is -0.497 e. The fourth-order valence-corrected chi connectivity index (χ4v) is 3.36. The van der Waals surface area contributed by atoms with Crippen molar-refractivity contribution in [1.82, 2.24) is 4.90 Å². The number of ether oxygens (including phenoxy) is 3. The largest absolute Gasteiger partial charge is 0.497 e. The van der Waals surface area contributed by atoms with E-state index in [1.807, 2.05) is 42.5 Å². The van der Waals surface area contributed by atoms with E-state index < -0.39 is 0 Å². The van der Waals surface area contributed by atoms with Crippen molar-refractivity contribution in [2.75, 3.05) is 38.7 Å². The van der Waals surface area contributed by atoms with Gasteiger partial charge in [-0.1, -0.05) is 12.1 Å². The monoisotopic (exact) mass is 422 g/mol. The summed E-state index contributed by atoms with van der Waals surface area (Å²) < 4.78 is 21.9. The Bertz CT molecular complexity index is 993. The number of methoxy groups -OCH3 is 1. The van der Waals surface area contributed by atoms with Crippen molar-refractivity contribution in [3.8, 4) is 11.5 Å². The Morgan fingerprint density at radius 3 is 2.58 bits per heavy atom. The molecule has 0 unspecified atom stereocenters. The van der Waals surface area contributed by atoms with Crippen LogP contribution < -0.4 is 14.8 Å². The van der Waals surface area contributed by atoms with Gasteiger partial charge < -0.3 is 23.9 Å². The minimum absolute atomic E-state index is 0.231. The molecule has 7 heteroatoms. The average Bonchev–Trinajstić information content (AvgIpc) is 3.28. The Morgan fingerprint density at radius 1 is 1.03 bits per heavy atom. The molecule has 0 atom stereocenters. The first-order valence-electron chi connectivity index (χ1n) is 10.3. The number of amides is 1. The maximum absolute atomic E-state index is 12.6. The van der Waals surface area contributed by atoms with Crippen LogP contribution in [0.1, 0.15) is 21.9 Å². The fraction of sp³-hybridized carbons (Fsp3) is 0.292. The number of nitrogens with zero attached hydrogens (tertiary/aromatic N) is 1. The summed E-state index contributed by atoms with van der Waals surface area (Å²) in [5.41, 5.74) is 1.89. The summed E-state index contributed by atoms with van der Waals surface area (Å²) in [6, 6.07) is 18.5. The lowest BCUT2D eigenvalue weighted by atomic mass is 10.2. The van der Waals surface area contributed by atoms with E-state index in [0.29, 0.717) is 11.5 Å². The van der Waals surface area contributed by atoms with Crippen molar-refractivity contribution in [2.45, 2.75) is 13.2 Å². The van der Waals surface area contributed by atoms with E-state index in [9.17, 15) is 4.79 Å². The Hall–Kier alpha value is -3.29. The Labute approximate surface area is 181 Å². The summed E-state index contributed by atoms with van der Waals surface area (Å²) in [6.45, 7) is 4.43. The second kappa shape index (κ2) is 10.1. The van der Waals surface area contributed by atoms with Gasteiger partial charge in [-0.3, -0.25) is 9.69 Å². The van der Waals surface area contributed by atoms with E-state index in [2.05, 4.69) is 16.3 Å². The quantitative estimate of drug-likeness (QED) is 0.593. The van der Waals surface area contributed by atoms with Crippen molar-refractivity contribution in [3.63, 3.8) is 0 Å². The molecular formula is C24H26N2O5. The van der Waals surface area contributed by atoms with Crippen molar-refractivity contribution in [1.29, 1.82) is 0 Å². The molecule has 1 N–H and O–H groups in total. The van der Waals surface area contributed by atoms with Crippen LogP contribution in [-0.2, 0) is 17.9 Å². The summed E-state index contributed by atoms with van der Waals surface area (Å²) in [4.78, 5) is 14.9. The summed E-state index contributed by atoms with van der Waals surface area (Å²) in [5.74, 6) is 1.98. The van der Waals surface area contributed by atoms with Gasteiger partial charge in [0.2, 0.25) is 0 Å². The van der Waals surface area contributed by atoms with Crippen molar-refractivity contribution in [3.05, 3.63) is 77.7 Å². The second-order valence-corrected chi connectivity index (χ2v) is 7.27. The van der Waals surface area contributed by atoms with E-state index in [4.69, 9.17) is 18.6 Å². The highest BCUT2D eigenvalue weighted by Crippen LogP contribution is 2.20. The molecule has 0 radical (unpaired) electrons. The summed E-state index contributed by atoms with van der Waals surface area (Å²) in [5, 5.41) is 2.91. The molecule has 162 valence electrons. The van der Waals surface area contributed by atoms with Gasteiger partial charge in [0.15, 0.2) is 5.76 Å². The maximum Gasteiger partial charge on any atom is 0.291 e. The lowest BCUT2D eigenvalue weighted by molar-refractivity contribution is 0.0342. The van der Waals surface area contributed by atoms with Gasteiger partial charge in [0.25, 0.3) is 5.91 Å². The van der Waals surface area contributed by atoms with Gasteiger partial charge in [-0.2, -0.15) is 0 Å². The third-order valence-electron chi connectivity index (χ3n) is 5.02. The Balaban J connectivity index is 1.31. The lowest BCUT2D eigenvalue weighted by Gasteiger charge is -2.26. The molecular weight excluding hydrogens is 396 g/mol. The number of carbonyl (C=O) groups is 1. The zero-order valence-electron chi connectivity index (χ0n) is 17.5.